The molecule has 2 aromatic carbocycles. The van der Waals surface area contributed by atoms with Gasteiger partial charge in [-0.25, -0.2) is 8.42 Å². The number of hydrogen-bond donors (Lipinski definition) is 2. The van der Waals surface area contributed by atoms with E-state index in [-0.39, 0.29) is 10.6 Å². The second-order valence-electron chi connectivity index (χ2n) is 5.16. The highest BCUT2D eigenvalue weighted by molar-refractivity contribution is 7.92. The van der Waals surface area contributed by atoms with E-state index in [1.54, 1.807) is 54.7 Å². The van der Waals surface area contributed by atoms with Crippen LogP contribution in [0.1, 0.15) is 5.56 Å². The Labute approximate surface area is 145 Å². The van der Waals surface area contributed by atoms with Crippen LogP contribution < -0.4 is 4.72 Å². The van der Waals surface area contributed by atoms with E-state index in [1.807, 2.05) is 0 Å². The van der Waals surface area contributed by atoms with Gasteiger partial charge in [-0.3, -0.25) is 14.7 Å². The van der Waals surface area contributed by atoms with Gasteiger partial charge in [-0.1, -0.05) is 12.1 Å². The van der Waals surface area contributed by atoms with E-state index >= 15 is 0 Å². The molecule has 7 heteroatoms. The molecule has 0 saturated heterocycles. The molecule has 0 aliphatic rings. The molecular formula is C18H15N3O3S. The van der Waals surface area contributed by atoms with E-state index < -0.39 is 10.0 Å². The van der Waals surface area contributed by atoms with Crippen LogP contribution >= 0.6 is 0 Å². The zero-order valence-corrected chi connectivity index (χ0v) is 13.9. The lowest BCUT2D eigenvalue weighted by molar-refractivity contribution is 0.474. The summed E-state index contributed by atoms with van der Waals surface area (Å²) in [6.07, 6.45) is 4.52. The van der Waals surface area contributed by atoms with Crippen molar-refractivity contribution in [2.75, 3.05) is 4.72 Å². The Morgan fingerprint density at radius 3 is 2.44 bits per heavy atom. The van der Waals surface area contributed by atoms with Gasteiger partial charge in [-0.05, 0) is 48.5 Å². The molecule has 0 saturated carbocycles. The number of hydrogen-bond acceptors (Lipinski definition) is 5. The maximum Gasteiger partial charge on any atom is 0.261 e. The van der Waals surface area contributed by atoms with Crippen LogP contribution in [-0.4, -0.2) is 24.7 Å². The van der Waals surface area contributed by atoms with Crippen molar-refractivity contribution < 1.29 is 13.5 Å². The van der Waals surface area contributed by atoms with Crippen molar-refractivity contribution in [3.63, 3.8) is 0 Å². The van der Waals surface area contributed by atoms with Gasteiger partial charge in [0.15, 0.2) is 0 Å². The Hall–Kier alpha value is -3.19. The number of aliphatic imine (C=N–C) groups is 1. The molecule has 126 valence electrons. The van der Waals surface area contributed by atoms with Crippen LogP contribution in [0.5, 0.6) is 5.75 Å². The van der Waals surface area contributed by atoms with Crippen LogP contribution in [0.15, 0.2) is 82.9 Å². The lowest BCUT2D eigenvalue weighted by Gasteiger charge is -2.07. The summed E-state index contributed by atoms with van der Waals surface area (Å²) < 4.78 is 27.1. The molecule has 2 N–H and O–H groups in total. The SMILES string of the molecule is O=S(=O)(Nc1cccnc1)c1ccc(N=Cc2ccccc2O)cc1. The Kier molecular flexibility index (Phi) is 4.76. The second kappa shape index (κ2) is 7.14. The molecular weight excluding hydrogens is 338 g/mol. The molecule has 1 heterocycles. The van der Waals surface area contributed by atoms with Crippen LogP contribution in [0.25, 0.3) is 0 Å². The van der Waals surface area contributed by atoms with Gasteiger partial charge in [0.25, 0.3) is 10.0 Å². The number of sulfonamides is 1. The Morgan fingerprint density at radius 1 is 1.00 bits per heavy atom. The number of phenolic OH excluding ortho intramolecular Hbond substituents is 1. The minimum Gasteiger partial charge on any atom is -0.507 e. The summed E-state index contributed by atoms with van der Waals surface area (Å²) in [5.74, 6) is 0.131. The predicted molar refractivity (Wildman–Crippen MR) is 96.8 cm³/mol. The highest BCUT2D eigenvalue weighted by Crippen LogP contribution is 2.20. The lowest BCUT2D eigenvalue weighted by atomic mass is 10.2. The van der Waals surface area contributed by atoms with Gasteiger partial charge in [-0.2, -0.15) is 0 Å². The Morgan fingerprint density at radius 2 is 1.76 bits per heavy atom. The van der Waals surface area contributed by atoms with Crippen molar-refractivity contribution in [1.29, 1.82) is 0 Å². The number of anilines is 1. The summed E-state index contributed by atoms with van der Waals surface area (Å²) in [5.41, 5.74) is 1.55. The number of nitrogens with zero attached hydrogens (tertiary/aromatic N) is 2. The van der Waals surface area contributed by atoms with Crippen LogP contribution in [0, 0.1) is 0 Å². The molecule has 0 radical (unpaired) electrons. The molecule has 6 nitrogen and oxygen atoms in total. The van der Waals surface area contributed by atoms with Gasteiger partial charge in [-0.15, -0.1) is 0 Å². The molecule has 3 aromatic rings. The molecule has 0 bridgehead atoms. The molecule has 3 rings (SSSR count). The maximum absolute atomic E-state index is 12.3. The fourth-order valence-corrected chi connectivity index (χ4v) is 3.13. The first-order chi connectivity index (χ1) is 12.0. The molecule has 0 atom stereocenters. The minimum absolute atomic E-state index is 0.123. The molecule has 0 aliphatic heterocycles. The number of nitrogens with one attached hydrogen (secondary N) is 1. The van der Waals surface area contributed by atoms with Crippen molar-refractivity contribution >= 4 is 27.6 Å². The molecule has 0 unspecified atom stereocenters. The van der Waals surface area contributed by atoms with Crippen LogP contribution in [0.3, 0.4) is 0 Å². The standard InChI is InChI=1S/C18H15N3O3S/c22-18-6-2-1-4-14(18)12-20-15-7-9-17(10-8-15)25(23,24)21-16-5-3-11-19-13-16/h1-13,21-22H. The smallest absolute Gasteiger partial charge is 0.261 e. The normalized spacial score (nSPS) is 11.5. The van der Waals surface area contributed by atoms with E-state index in [0.717, 1.165) is 0 Å². The van der Waals surface area contributed by atoms with E-state index in [2.05, 4.69) is 14.7 Å². The largest absolute Gasteiger partial charge is 0.507 e. The monoisotopic (exact) mass is 353 g/mol. The lowest BCUT2D eigenvalue weighted by Crippen LogP contribution is -2.12. The molecule has 0 aliphatic carbocycles. The number of pyridine rings is 1. The minimum atomic E-state index is -3.69. The third-order valence-corrected chi connectivity index (χ3v) is 4.75. The van der Waals surface area contributed by atoms with Gasteiger partial charge < -0.3 is 5.11 Å². The van der Waals surface area contributed by atoms with E-state index in [9.17, 15) is 13.5 Å². The molecule has 1 aromatic heterocycles. The molecule has 0 spiro atoms. The molecule has 0 fully saturated rings. The fourth-order valence-electron chi connectivity index (χ4n) is 2.09. The summed E-state index contributed by atoms with van der Waals surface area (Å²) in [6, 6.07) is 16.2. The van der Waals surface area contributed by atoms with Crippen molar-refractivity contribution in [1.82, 2.24) is 4.98 Å². The first-order valence-corrected chi connectivity index (χ1v) is 8.88. The molecule has 0 amide bonds. The number of aromatic nitrogens is 1. The second-order valence-corrected chi connectivity index (χ2v) is 6.84. The third-order valence-electron chi connectivity index (χ3n) is 3.35. The topological polar surface area (TPSA) is 91.7 Å². The fraction of sp³-hybridized carbons (Fsp3) is 0. The Bertz CT molecular complexity index is 986. The number of phenols is 1. The van der Waals surface area contributed by atoms with Gasteiger partial charge in [0.1, 0.15) is 5.75 Å². The van der Waals surface area contributed by atoms with Gasteiger partial charge in [0.2, 0.25) is 0 Å². The number of benzene rings is 2. The van der Waals surface area contributed by atoms with Crippen LogP contribution in [0.4, 0.5) is 11.4 Å². The predicted octanol–water partition coefficient (Wildman–Crippen LogP) is 3.34. The number of rotatable bonds is 5. The van der Waals surface area contributed by atoms with Crippen LogP contribution in [0.2, 0.25) is 0 Å². The maximum atomic E-state index is 12.3. The van der Waals surface area contributed by atoms with Gasteiger partial charge in [0, 0.05) is 18.0 Å². The summed E-state index contributed by atoms with van der Waals surface area (Å²) in [7, 11) is -3.69. The molecule has 25 heavy (non-hydrogen) atoms. The first kappa shape index (κ1) is 16.7. The van der Waals surface area contributed by atoms with Crippen molar-refractivity contribution in [2.24, 2.45) is 4.99 Å². The van der Waals surface area contributed by atoms with Crippen molar-refractivity contribution in [2.45, 2.75) is 4.90 Å². The highest BCUT2D eigenvalue weighted by Gasteiger charge is 2.13. The van der Waals surface area contributed by atoms with E-state index in [0.29, 0.717) is 16.9 Å². The summed E-state index contributed by atoms with van der Waals surface area (Å²) in [6.45, 7) is 0. The number of para-hydroxylation sites is 1. The first-order valence-electron chi connectivity index (χ1n) is 7.39. The highest BCUT2D eigenvalue weighted by atomic mass is 32.2. The summed E-state index contributed by atoms with van der Waals surface area (Å²) >= 11 is 0. The average Bonchev–Trinajstić information content (AvgIpc) is 2.62. The zero-order valence-electron chi connectivity index (χ0n) is 13.1. The van der Waals surface area contributed by atoms with E-state index in [1.165, 1.54) is 24.5 Å². The van der Waals surface area contributed by atoms with E-state index in [4.69, 9.17) is 0 Å². The quantitative estimate of drug-likeness (QED) is 0.688. The zero-order chi connectivity index (χ0) is 17.7. The average molecular weight is 353 g/mol. The number of aromatic hydroxyl groups is 1. The van der Waals surface area contributed by atoms with Crippen molar-refractivity contribution in [3.8, 4) is 5.75 Å². The Balaban J connectivity index is 1.77. The van der Waals surface area contributed by atoms with Gasteiger partial charge in [0.05, 0.1) is 22.5 Å². The summed E-state index contributed by atoms with van der Waals surface area (Å²) in [5, 5.41) is 9.70. The van der Waals surface area contributed by atoms with Crippen LogP contribution in [-0.2, 0) is 10.0 Å². The van der Waals surface area contributed by atoms with Gasteiger partial charge >= 0.3 is 0 Å². The summed E-state index contributed by atoms with van der Waals surface area (Å²) in [4.78, 5) is 8.23. The van der Waals surface area contributed by atoms with Crippen molar-refractivity contribution in [3.05, 3.63) is 78.6 Å². The third kappa shape index (κ3) is 4.21.